The SMILES string of the molecule is COc1cc(CCC(=O)NCCc2cccnc2)ccc1S(=O)(=O)Nc1ccc([N+](=O)[O-])cc1C. The molecule has 1 amide bonds. The second kappa shape index (κ2) is 11.4. The van der Waals surface area contributed by atoms with Gasteiger partial charge in [-0.3, -0.25) is 24.6 Å². The number of nitro groups is 1. The Morgan fingerprint density at radius 1 is 1.11 bits per heavy atom. The number of ether oxygens (including phenoxy) is 1. The number of carbonyl (C=O) groups excluding carboxylic acids is 1. The molecule has 1 heterocycles. The van der Waals surface area contributed by atoms with E-state index in [1.54, 1.807) is 31.5 Å². The van der Waals surface area contributed by atoms with Crippen molar-refractivity contribution < 1.29 is 22.9 Å². The molecular weight excluding hydrogens is 472 g/mol. The molecule has 0 aliphatic heterocycles. The number of sulfonamides is 1. The first kappa shape index (κ1) is 25.6. The topological polar surface area (TPSA) is 141 Å². The molecule has 3 aromatic rings. The third-order valence-corrected chi connectivity index (χ3v) is 6.69. The van der Waals surface area contributed by atoms with E-state index in [0.29, 0.717) is 24.9 Å². The lowest BCUT2D eigenvalue weighted by molar-refractivity contribution is -0.384. The van der Waals surface area contributed by atoms with Crippen LogP contribution in [-0.2, 0) is 27.7 Å². The predicted octanol–water partition coefficient (Wildman–Crippen LogP) is 3.40. The molecule has 0 unspecified atom stereocenters. The van der Waals surface area contributed by atoms with Gasteiger partial charge in [-0.1, -0.05) is 12.1 Å². The fourth-order valence-corrected chi connectivity index (χ4v) is 4.69. The summed E-state index contributed by atoms with van der Waals surface area (Å²) in [7, 11) is -2.67. The highest BCUT2D eigenvalue weighted by Crippen LogP contribution is 2.29. The van der Waals surface area contributed by atoms with Crippen LogP contribution in [0.1, 0.15) is 23.1 Å². The molecular formula is C24H26N4O6S. The number of non-ortho nitro benzene ring substituents is 1. The highest BCUT2D eigenvalue weighted by Gasteiger charge is 2.21. The lowest BCUT2D eigenvalue weighted by Crippen LogP contribution is -2.25. The predicted molar refractivity (Wildman–Crippen MR) is 131 cm³/mol. The quantitative estimate of drug-likeness (QED) is 0.305. The summed E-state index contributed by atoms with van der Waals surface area (Å²) in [4.78, 5) is 26.5. The van der Waals surface area contributed by atoms with Gasteiger partial charge >= 0.3 is 0 Å². The van der Waals surface area contributed by atoms with Gasteiger partial charge in [0.2, 0.25) is 5.91 Å². The minimum absolute atomic E-state index is 0.0811. The first-order chi connectivity index (χ1) is 16.7. The number of pyridine rings is 1. The summed E-state index contributed by atoms with van der Waals surface area (Å²) in [5, 5.41) is 13.8. The third kappa shape index (κ3) is 7.00. The van der Waals surface area contributed by atoms with Crippen molar-refractivity contribution in [3.63, 3.8) is 0 Å². The van der Waals surface area contributed by atoms with Gasteiger partial charge in [-0.15, -0.1) is 0 Å². The molecule has 0 atom stereocenters. The first-order valence-electron chi connectivity index (χ1n) is 10.8. The number of amides is 1. The Morgan fingerprint density at radius 3 is 2.57 bits per heavy atom. The summed E-state index contributed by atoms with van der Waals surface area (Å²) >= 11 is 0. The standard InChI is InChI=1S/C24H26N4O6S/c1-17-14-20(28(30)31)7-8-21(17)27-35(32,33)23-9-5-18(15-22(23)34-2)6-10-24(29)26-13-11-19-4-3-12-25-16-19/h3-5,7-9,12,14-16,27H,6,10-11,13H2,1-2H3,(H,26,29). The monoisotopic (exact) mass is 498 g/mol. The highest BCUT2D eigenvalue weighted by molar-refractivity contribution is 7.92. The van der Waals surface area contributed by atoms with E-state index in [1.807, 2.05) is 12.1 Å². The second-order valence-electron chi connectivity index (χ2n) is 7.81. The van der Waals surface area contributed by atoms with E-state index in [0.717, 1.165) is 11.1 Å². The molecule has 3 rings (SSSR count). The minimum Gasteiger partial charge on any atom is -0.495 e. The van der Waals surface area contributed by atoms with Gasteiger partial charge in [-0.25, -0.2) is 8.42 Å². The molecule has 0 saturated heterocycles. The smallest absolute Gasteiger partial charge is 0.269 e. The fraction of sp³-hybridized carbons (Fsp3) is 0.250. The molecule has 184 valence electrons. The van der Waals surface area contributed by atoms with Crippen LogP contribution in [0.2, 0.25) is 0 Å². The van der Waals surface area contributed by atoms with Crippen molar-refractivity contribution >= 4 is 27.3 Å². The highest BCUT2D eigenvalue weighted by atomic mass is 32.2. The number of rotatable bonds is 11. The molecule has 0 fully saturated rings. The van der Waals surface area contributed by atoms with Crippen LogP contribution < -0.4 is 14.8 Å². The number of anilines is 1. The average molecular weight is 499 g/mol. The Hall–Kier alpha value is -3.99. The van der Waals surface area contributed by atoms with Crippen molar-refractivity contribution in [1.82, 2.24) is 10.3 Å². The zero-order valence-corrected chi connectivity index (χ0v) is 20.2. The van der Waals surface area contributed by atoms with Crippen LogP contribution >= 0.6 is 0 Å². The fourth-order valence-electron chi connectivity index (χ4n) is 3.40. The number of aryl methyl sites for hydroxylation is 2. The van der Waals surface area contributed by atoms with Crippen LogP contribution in [0.25, 0.3) is 0 Å². The van der Waals surface area contributed by atoms with Crippen molar-refractivity contribution in [3.05, 3.63) is 87.7 Å². The van der Waals surface area contributed by atoms with Gasteiger partial charge in [0.05, 0.1) is 17.7 Å². The number of hydrogen-bond acceptors (Lipinski definition) is 7. The summed E-state index contributed by atoms with van der Waals surface area (Å²) in [5.41, 5.74) is 2.28. The summed E-state index contributed by atoms with van der Waals surface area (Å²) in [6, 6.07) is 12.3. The van der Waals surface area contributed by atoms with Gasteiger partial charge < -0.3 is 10.1 Å². The molecule has 0 saturated carbocycles. The number of carbonyl (C=O) groups is 1. The third-order valence-electron chi connectivity index (χ3n) is 5.28. The number of aromatic nitrogens is 1. The van der Waals surface area contributed by atoms with Gasteiger partial charge in [-0.2, -0.15) is 0 Å². The van der Waals surface area contributed by atoms with Crippen LogP contribution in [-0.4, -0.2) is 37.9 Å². The lowest BCUT2D eigenvalue weighted by atomic mass is 10.1. The number of nitro benzene ring substituents is 1. The number of hydrogen-bond donors (Lipinski definition) is 2. The lowest BCUT2D eigenvalue weighted by Gasteiger charge is -2.14. The number of nitrogens with one attached hydrogen (secondary N) is 2. The molecule has 35 heavy (non-hydrogen) atoms. The van der Waals surface area contributed by atoms with Crippen LogP contribution in [0.15, 0.2) is 65.8 Å². The molecule has 2 aromatic carbocycles. The average Bonchev–Trinajstić information content (AvgIpc) is 2.84. The molecule has 11 heteroatoms. The zero-order valence-electron chi connectivity index (χ0n) is 19.4. The second-order valence-corrected chi connectivity index (χ2v) is 9.46. The minimum atomic E-state index is -4.03. The summed E-state index contributed by atoms with van der Waals surface area (Å²) in [6.45, 7) is 2.08. The molecule has 0 radical (unpaired) electrons. The van der Waals surface area contributed by atoms with Crippen LogP contribution in [0.4, 0.5) is 11.4 Å². The van der Waals surface area contributed by atoms with Crippen molar-refractivity contribution in [2.75, 3.05) is 18.4 Å². The number of nitrogens with zero attached hydrogens (tertiary/aromatic N) is 2. The molecule has 0 bridgehead atoms. The van der Waals surface area contributed by atoms with Gasteiger partial charge in [0.25, 0.3) is 15.7 Å². The summed E-state index contributed by atoms with van der Waals surface area (Å²) in [5.74, 6) is 0.0198. The van der Waals surface area contributed by atoms with Gasteiger partial charge in [-0.05, 0) is 60.7 Å². The largest absolute Gasteiger partial charge is 0.495 e. The number of methoxy groups -OCH3 is 1. The summed E-state index contributed by atoms with van der Waals surface area (Å²) in [6.07, 6.45) is 4.78. The molecule has 0 aliphatic carbocycles. The number of benzene rings is 2. The maximum absolute atomic E-state index is 13.0. The molecule has 10 nitrogen and oxygen atoms in total. The Kier molecular flexibility index (Phi) is 8.37. The van der Waals surface area contributed by atoms with Crippen molar-refractivity contribution in [3.8, 4) is 5.75 Å². The molecule has 0 spiro atoms. The van der Waals surface area contributed by atoms with E-state index in [4.69, 9.17) is 4.74 Å². The van der Waals surface area contributed by atoms with Crippen LogP contribution in [0.3, 0.4) is 0 Å². The van der Waals surface area contributed by atoms with E-state index >= 15 is 0 Å². The maximum Gasteiger partial charge on any atom is 0.269 e. The van der Waals surface area contributed by atoms with Gasteiger partial charge in [0, 0.05) is 37.5 Å². The van der Waals surface area contributed by atoms with Crippen molar-refractivity contribution in [2.24, 2.45) is 0 Å². The van der Waals surface area contributed by atoms with Crippen molar-refractivity contribution in [1.29, 1.82) is 0 Å². The summed E-state index contributed by atoms with van der Waals surface area (Å²) < 4.78 is 33.7. The molecule has 2 N–H and O–H groups in total. The zero-order chi connectivity index (χ0) is 25.4. The van der Waals surface area contributed by atoms with Gasteiger partial charge in [0.1, 0.15) is 10.6 Å². The Labute approximate surface area is 203 Å². The van der Waals surface area contributed by atoms with Crippen molar-refractivity contribution in [2.45, 2.75) is 31.1 Å². The van der Waals surface area contributed by atoms with Gasteiger partial charge in [0.15, 0.2) is 0 Å². The van der Waals surface area contributed by atoms with E-state index in [2.05, 4.69) is 15.0 Å². The Balaban J connectivity index is 1.62. The normalized spacial score (nSPS) is 11.0. The Bertz CT molecular complexity index is 1310. The van der Waals surface area contributed by atoms with E-state index < -0.39 is 14.9 Å². The van der Waals surface area contributed by atoms with Crippen LogP contribution in [0, 0.1) is 17.0 Å². The molecule has 1 aromatic heterocycles. The van der Waals surface area contributed by atoms with E-state index in [1.165, 1.54) is 31.4 Å². The maximum atomic E-state index is 13.0. The first-order valence-corrected chi connectivity index (χ1v) is 12.3. The van der Waals surface area contributed by atoms with E-state index in [9.17, 15) is 23.3 Å². The Morgan fingerprint density at radius 2 is 1.91 bits per heavy atom. The van der Waals surface area contributed by atoms with Crippen LogP contribution in [0.5, 0.6) is 5.75 Å². The molecule has 0 aliphatic rings. The van der Waals surface area contributed by atoms with E-state index in [-0.39, 0.29) is 34.3 Å².